The van der Waals surface area contributed by atoms with Crippen LogP contribution in [-0.4, -0.2) is 0 Å². The number of halogens is 1. The number of para-hydroxylation sites is 1. The molecule has 1 nitrogen and oxygen atoms in total. The normalized spacial score (nSPS) is 17.3. The SMILES string of the molecule is Cc1ccc2c(c1)C(Nc1c(C)cccc1Cl)CC2. The molecule has 19 heavy (non-hydrogen) atoms. The molecule has 2 heteroatoms. The van der Waals surface area contributed by atoms with Crippen LogP contribution < -0.4 is 5.32 Å². The second-order valence-electron chi connectivity index (χ2n) is 5.37. The van der Waals surface area contributed by atoms with Gasteiger partial charge in [-0.1, -0.05) is 47.5 Å². The van der Waals surface area contributed by atoms with Crippen LogP contribution in [0.2, 0.25) is 5.02 Å². The molecule has 1 aliphatic carbocycles. The van der Waals surface area contributed by atoms with Gasteiger partial charge in [0, 0.05) is 0 Å². The molecule has 0 amide bonds. The monoisotopic (exact) mass is 271 g/mol. The van der Waals surface area contributed by atoms with Crippen LogP contribution in [0.4, 0.5) is 5.69 Å². The van der Waals surface area contributed by atoms with Crippen molar-refractivity contribution in [2.75, 3.05) is 5.32 Å². The summed E-state index contributed by atoms with van der Waals surface area (Å²) in [7, 11) is 0. The van der Waals surface area contributed by atoms with Gasteiger partial charge in [0.25, 0.3) is 0 Å². The summed E-state index contributed by atoms with van der Waals surface area (Å²) < 4.78 is 0. The Bertz CT molecular complexity index is 598. The third kappa shape index (κ3) is 2.35. The Morgan fingerprint density at radius 3 is 2.79 bits per heavy atom. The number of benzene rings is 2. The lowest BCUT2D eigenvalue weighted by atomic mass is 10.0. The lowest BCUT2D eigenvalue weighted by Gasteiger charge is -2.19. The summed E-state index contributed by atoms with van der Waals surface area (Å²) in [4.78, 5) is 0. The molecule has 0 aliphatic heterocycles. The van der Waals surface area contributed by atoms with E-state index in [1.54, 1.807) is 0 Å². The second kappa shape index (κ2) is 4.90. The van der Waals surface area contributed by atoms with Crippen molar-refractivity contribution < 1.29 is 0 Å². The van der Waals surface area contributed by atoms with Gasteiger partial charge < -0.3 is 5.32 Å². The van der Waals surface area contributed by atoms with Gasteiger partial charge in [-0.25, -0.2) is 0 Å². The number of anilines is 1. The molecule has 0 aromatic heterocycles. The van der Waals surface area contributed by atoms with Gasteiger partial charge in [-0.2, -0.15) is 0 Å². The highest BCUT2D eigenvalue weighted by Gasteiger charge is 2.23. The number of rotatable bonds is 2. The Labute approximate surface area is 119 Å². The zero-order chi connectivity index (χ0) is 13.4. The largest absolute Gasteiger partial charge is 0.377 e. The standard InChI is InChI=1S/C17H18ClN/c1-11-6-7-13-8-9-16(14(13)10-11)19-17-12(2)4-3-5-15(17)18/h3-7,10,16,19H,8-9H2,1-2H3. The summed E-state index contributed by atoms with van der Waals surface area (Å²) in [5, 5.41) is 4.44. The van der Waals surface area contributed by atoms with E-state index in [4.69, 9.17) is 11.6 Å². The molecule has 1 atom stereocenters. The molecule has 2 aromatic carbocycles. The van der Waals surface area contributed by atoms with Crippen LogP contribution in [0.1, 0.15) is 34.7 Å². The minimum atomic E-state index is 0.383. The number of nitrogens with one attached hydrogen (secondary N) is 1. The zero-order valence-electron chi connectivity index (χ0n) is 11.3. The van der Waals surface area contributed by atoms with Crippen LogP contribution in [0.25, 0.3) is 0 Å². The third-order valence-corrected chi connectivity index (χ3v) is 4.23. The lowest BCUT2D eigenvalue weighted by molar-refractivity contribution is 0.761. The van der Waals surface area contributed by atoms with Crippen LogP contribution in [0.15, 0.2) is 36.4 Å². The molecule has 1 unspecified atom stereocenters. The first-order chi connectivity index (χ1) is 9.15. The van der Waals surface area contributed by atoms with E-state index in [9.17, 15) is 0 Å². The van der Waals surface area contributed by atoms with Crippen LogP contribution in [0, 0.1) is 13.8 Å². The molecule has 1 aliphatic rings. The first-order valence-corrected chi connectivity index (χ1v) is 7.14. The molecule has 0 fully saturated rings. The summed E-state index contributed by atoms with van der Waals surface area (Å²) in [5.41, 5.74) is 6.49. The fourth-order valence-electron chi connectivity index (χ4n) is 2.86. The maximum atomic E-state index is 6.30. The second-order valence-corrected chi connectivity index (χ2v) is 5.78. The number of hydrogen-bond donors (Lipinski definition) is 1. The predicted molar refractivity (Wildman–Crippen MR) is 82.1 cm³/mol. The maximum absolute atomic E-state index is 6.30. The smallest absolute Gasteiger partial charge is 0.0640 e. The van der Waals surface area contributed by atoms with Gasteiger partial charge in [0.2, 0.25) is 0 Å². The summed E-state index contributed by atoms with van der Waals surface area (Å²) in [5.74, 6) is 0. The van der Waals surface area contributed by atoms with Gasteiger partial charge in [0.15, 0.2) is 0 Å². The molecule has 0 saturated carbocycles. The molecule has 3 rings (SSSR count). The van der Waals surface area contributed by atoms with E-state index in [0.29, 0.717) is 6.04 Å². The summed E-state index contributed by atoms with van der Waals surface area (Å²) >= 11 is 6.30. The molecule has 98 valence electrons. The Kier molecular flexibility index (Phi) is 3.24. The van der Waals surface area contributed by atoms with E-state index in [-0.39, 0.29) is 0 Å². The molecule has 0 heterocycles. The van der Waals surface area contributed by atoms with Crippen LogP contribution in [-0.2, 0) is 6.42 Å². The van der Waals surface area contributed by atoms with Crippen molar-refractivity contribution in [2.45, 2.75) is 32.7 Å². The van der Waals surface area contributed by atoms with Crippen LogP contribution in [0.3, 0.4) is 0 Å². The fraction of sp³-hybridized carbons (Fsp3) is 0.294. The molecule has 0 bridgehead atoms. The van der Waals surface area contributed by atoms with Crippen molar-refractivity contribution in [1.82, 2.24) is 0 Å². The van der Waals surface area contributed by atoms with E-state index in [1.807, 2.05) is 12.1 Å². The Hall–Kier alpha value is -1.47. The minimum Gasteiger partial charge on any atom is -0.377 e. The maximum Gasteiger partial charge on any atom is 0.0640 e. The van der Waals surface area contributed by atoms with Crippen molar-refractivity contribution in [1.29, 1.82) is 0 Å². The average Bonchev–Trinajstić information content (AvgIpc) is 2.76. The van der Waals surface area contributed by atoms with E-state index >= 15 is 0 Å². The van der Waals surface area contributed by atoms with E-state index in [0.717, 1.165) is 23.6 Å². The summed E-state index contributed by atoms with van der Waals surface area (Å²) in [6, 6.07) is 13.2. The van der Waals surface area contributed by atoms with Crippen LogP contribution >= 0.6 is 11.6 Å². The molecule has 0 radical (unpaired) electrons. The Morgan fingerprint density at radius 2 is 2.00 bits per heavy atom. The molecule has 0 saturated heterocycles. The summed E-state index contributed by atoms with van der Waals surface area (Å²) in [6.07, 6.45) is 2.29. The number of hydrogen-bond acceptors (Lipinski definition) is 1. The highest BCUT2D eigenvalue weighted by molar-refractivity contribution is 6.33. The molecule has 1 N–H and O–H groups in total. The van der Waals surface area contributed by atoms with Gasteiger partial charge in [-0.15, -0.1) is 0 Å². The lowest BCUT2D eigenvalue weighted by Crippen LogP contribution is -2.08. The van der Waals surface area contributed by atoms with Crippen molar-refractivity contribution in [2.24, 2.45) is 0 Å². The fourth-order valence-corrected chi connectivity index (χ4v) is 3.14. The van der Waals surface area contributed by atoms with Gasteiger partial charge in [0.05, 0.1) is 16.8 Å². The van der Waals surface area contributed by atoms with Crippen molar-refractivity contribution in [3.05, 3.63) is 63.7 Å². The van der Waals surface area contributed by atoms with Gasteiger partial charge >= 0.3 is 0 Å². The van der Waals surface area contributed by atoms with Crippen molar-refractivity contribution in [3.63, 3.8) is 0 Å². The average molecular weight is 272 g/mol. The van der Waals surface area contributed by atoms with Gasteiger partial charge in [-0.05, 0) is 49.4 Å². The first kappa shape index (κ1) is 12.6. The van der Waals surface area contributed by atoms with E-state index in [1.165, 1.54) is 22.3 Å². The highest BCUT2D eigenvalue weighted by atomic mass is 35.5. The quantitative estimate of drug-likeness (QED) is 0.805. The zero-order valence-corrected chi connectivity index (χ0v) is 12.1. The highest BCUT2D eigenvalue weighted by Crippen LogP contribution is 2.37. The van der Waals surface area contributed by atoms with E-state index < -0.39 is 0 Å². The van der Waals surface area contributed by atoms with Gasteiger partial charge in [0.1, 0.15) is 0 Å². The molecule has 0 spiro atoms. The Morgan fingerprint density at radius 1 is 1.16 bits per heavy atom. The van der Waals surface area contributed by atoms with Crippen LogP contribution in [0.5, 0.6) is 0 Å². The number of fused-ring (bicyclic) bond motifs is 1. The minimum absolute atomic E-state index is 0.383. The predicted octanol–water partition coefficient (Wildman–Crippen LogP) is 5.06. The molecular weight excluding hydrogens is 254 g/mol. The third-order valence-electron chi connectivity index (χ3n) is 3.92. The van der Waals surface area contributed by atoms with Gasteiger partial charge in [-0.3, -0.25) is 0 Å². The topological polar surface area (TPSA) is 12.0 Å². The van der Waals surface area contributed by atoms with Crippen molar-refractivity contribution in [3.8, 4) is 0 Å². The Balaban J connectivity index is 1.93. The number of aryl methyl sites for hydroxylation is 3. The molecule has 2 aromatic rings. The van der Waals surface area contributed by atoms with Crippen molar-refractivity contribution >= 4 is 17.3 Å². The summed E-state index contributed by atoms with van der Waals surface area (Å²) in [6.45, 7) is 4.25. The van der Waals surface area contributed by atoms with E-state index in [2.05, 4.69) is 43.4 Å². The molecular formula is C17H18ClN. The first-order valence-electron chi connectivity index (χ1n) is 6.76.